The van der Waals surface area contributed by atoms with Crippen molar-refractivity contribution in [1.82, 2.24) is 19.3 Å². The minimum Gasteiger partial charge on any atom is -0.468 e. The molecule has 0 aliphatic carbocycles. The zero-order valence-corrected chi connectivity index (χ0v) is 11.9. The summed E-state index contributed by atoms with van der Waals surface area (Å²) in [6, 6.07) is 5.45. The number of aromatic amines is 1. The van der Waals surface area contributed by atoms with E-state index >= 15 is 0 Å². The van der Waals surface area contributed by atoms with Crippen molar-refractivity contribution in [3.63, 3.8) is 0 Å². The lowest BCUT2D eigenvalue weighted by molar-refractivity contribution is 0.0828. The van der Waals surface area contributed by atoms with E-state index in [0.717, 1.165) is 0 Å². The topological polar surface area (TPSA) is 79.7 Å². The van der Waals surface area contributed by atoms with Gasteiger partial charge in [-0.25, -0.2) is 4.98 Å². The Kier molecular flexibility index (Phi) is 2.90. The molecule has 1 aromatic carbocycles. The molecule has 0 atom stereocenters. The van der Waals surface area contributed by atoms with Crippen LogP contribution in [-0.2, 0) is 0 Å². The Hall–Kier alpha value is -2.83. The van der Waals surface area contributed by atoms with E-state index in [9.17, 15) is 9.59 Å². The van der Waals surface area contributed by atoms with Crippen molar-refractivity contribution in [2.45, 2.75) is 0 Å². The highest BCUT2D eigenvalue weighted by Gasteiger charge is 2.14. The molecule has 2 aromatic heterocycles. The minimum absolute atomic E-state index is 0.129. The molecule has 2 heterocycles. The summed E-state index contributed by atoms with van der Waals surface area (Å²) in [5.74, 6) is -0.129. The summed E-state index contributed by atoms with van der Waals surface area (Å²) in [4.78, 5) is 32.4. The first-order valence-electron chi connectivity index (χ1n) is 6.32. The maximum Gasteiger partial charge on any atom is 0.301 e. The predicted octanol–water partition coefficient (Wildman–Crippen LogP) is 0.886. The van der Waals surface area contributed by atoms with E-state index in [-0.39, 0.29) is 11.5 Å². The van der Waals surface area contributed by atoms with Crippen molar-refractivity contribution >= 4 is 22.5 Å². The van der Waals surface area contributed by atoms with E-state index in [4.69, 9.17) is 4.74 Å². The predicted molar refractivity (Wildman–Crippen MR) is 77.9 cm³/mol. The lowest BCUT2D eigenvalue weighted by atomic mass is 10.1. The molecule has 21 heavy (non-hydrogen) atoms. The molecule has 1 N–H and O–H groups in total. The van der Waals surface area contributed by atoms with E-state index in [0.29, 0.717) is 28.1 Å². The molecule has 0 aliphatic rings. The molecule has 3 rings (SSSR count). The summed E-state index contributed by atoms with van der Waals surface area (Å²) in [5.41, 5.74) is 1.88. The highest BCUT2D eigenvalue weighted by Crippen LogP contribution is 2.19. The second-order valence-corrected chi connectivity index (χ2v) is 4.85. The molecule has 3 aromatic rings. The third kappa shape index (κ3) is 1.94. The van der Waals surface area contributed by atoms with Gasteiger partial charge in [0.25, 0.3) is 11.5 Å². The van der Waals surface area contributed by atoms with Crippen LogP contribution in [0.4, 0.5) is 0 Å². The van der Waals surface area contributed by atoms with E-state index in [1.807, 2.05) is 0 Å². The average Bonchev–Trinajstić information content (AvgIpc) is 2.90. The number of H-pyrrole nitrogens is 1. The van der Waals surface area contributed by atoms with Crippen LogP contribution in [0, 0.1) is 0 Å². The maximum atomic E-state index is 12.1. The quantitative estimate of drug-likeness (QED) is 0.758. The second-order valence-electron chi connectivity index (χ2n) is 4.85. The number of hydrogen-bond acceptors (Lipinski definition) is 4. The van der Waals surface area contributed by atoms with Crippen molar-refractivity contribution < 1.29 is 9.53 Å². The first-order chi connectivity index (χ1) is 10.0. The third-order valence-electron chi connectivity index (χ3n) is 3.28. The van der Waals surface area contributed by atoms with Crippen LogP contribution >= 0.6 is 0 Å². The SMILES string of the molecule is COc1ncc2c(=O)[nH]c3cc(C(=O)N(C)C)ccc3n12. The van der Waals surface area contributed by atoms with Crippen LogP contribution in [-0.4, -0.2) is 46.4 Å². The highest BCUT2D eigenvalue weighted by molar-refractivity contribution is 5.97. The average molecular weight is 286 g/mol. The van der Waals surface area contributed by atoms with Crippen LogP contribution in [0.15, 0.2) is 29.2 Å². The first-order valence-corrected chi connectivity index (χ1v) is 6.32. The van der Waals surface area contributed by atoms with Crippen LogP contribution in [0.3, 0.4) is 0 Å². The number of nitrogens with zero attached hydrogens (tertiary/aromatic N) is 3. The standard InChI is InChI=1S/C14H14N4O3/c1-17(2)13(20)8-4-5-10-9(6-8)16-12(19)11-7-15-14(21-3)18(10)11/h4-7H,1-3H3,(H,16,19). The summed E-state index contributed by atoms with van der Waals surface area (Å²) in [5, 5.41) is 0. The van der Waals surface area contributed by atoms with Gasteiger partial charge in [0.15, 0.2) is 0 Å². The van der Waals surface area contributed by atoms with E-state index in [2.05, 4.69) is 9.97 Å². The number of aromatic nitrogens is 3. The Morgan fingerprint density at radius 2 is 2.10 bits per heavy atom. The number of amides is 1. The molecule has 0 aliphatic heterocycles. The first kappa shape index (κ1) is 13.2. The number of hydrogen-bond donors (Lipinski definition) is 1. The number of fused-ring (bicyclic) bond motifs is 3. The van der Waals surface area contributed by atoms with Gasteiger partial charge in [-0.1, -0.05) is 0 Å². The molecule has 0 saturated heterocycles. The lowest BCUT2D eigenvalue weighted by Gasteiger charge is -2.11. The van der Waals surface area contributed by atoms with Crippen molar-refractivity contribution in [3.8, 4) is 6.01 Å². The van der Waals surface area contributed by atoms with Crippen LogP contribution in [0.1, 0.15) is 10.4 Å². The maximum absolute atomic E-state index is 12.1. The van der Waals surface area contributed by atoms with Gasteiger partial charge in [0.05, 0.1) is 24.3 Å². The largest absolute Gasteiger partial charge is 0.468 e. The van der Waals surface area contributed by atoms with Crippen molar-refractivity contribution in [1.29, 1.82) is 0 Å². The van der Waals surface area contributed by atoms with E-state index in [1.165, 1.54) is 18.2 Å². The smallest absolute Gasteiger partial charge is 0.301 e. The Labute approximate surface area is 119 Å². The Bertz CT molecular complexity index is 908. The van der Waals surface area contributed by atoms with Crippen LogP contribution < -0.4 is 10.3 Å². The molecule has 108 valence electrons. The van der Waals surface area contributed by atoms with Gasteiger partial charge < -0.3 is 14.6 Å². The zero-order valence-electron chi connectivity index (χ0n) is 11.9. The Balaban J connectivity index is 2.35. The number of methoxy groups -OCH3 is 1. The summed E-state index contributed by atoms with van der Waals surface area (Å²) < 4.78 is 6.79. The van der Waals surface area contributed by atoms with Gasteiger partial charge in [-0.15, -0.1) is 0 Å². The fourth-order valence-corrected chi connectivity index (χ4v) is 2.28. The van der Waals surface area contributed by atoms with Crippen LogP contribution in [0.5, 0.6) is 6.01 Å². The molecule has 7 nitrogen and oxygen atoms in total. The molecule has 0 unspecified atom stereocenters. The second kappa shape index (κ2) is 4.62. The van der Waals surface area contributed by atoms with Gasteiger partial charge in [0.1, 0.15) is 5.52 Å². The minimum atomic E-state index is -0.284. The molecule has 7 heteroatoms. The molecule has 1 amide bonds. The normalized spacial score (nSPS) is 11.0. The lowest BCUT2D eigenvalue weighted by Crippen LogP contribution is -2.21. The number of ether oxygens (including phenoxy) is 1. The van der Waals surface area contributed by atoms with Crippen molar-refractivity contribution in [3.05, 3.63) is 40.3 Å². The number of rotatable bonds is 2. The van der Waals surface area contributed by atoms with Gasteiger partial charge in [0, 0.05) is 19.7 Å². The summed E-state index contributed by atoms with van der Waals surface area (Å²) in [6.45, 7) is 0. The summed E-state index contributed by atoms with van der Waals surface area (Å²) >= 11 is 0. The highest BCUT2D eigenvalue weighted by atomic mass is 16.5. The van der Waals surface area contributed by atoms with E-state index in [1.54, 1.807) is 36.7 Å². The Morgan fingerprint density at radius 3 is 2.76 bits per heavy atom. The molecule has 0 radical (unpaired) electrons. The van der Waals surface area contributed by atoms with Crippen molar-refractivity contribution in [2.75, 3.05) is 21.2 Å². The molecule has 0 saturated carbocycles. The number of carbonyl (C=O) groups is 1. The van der Waals surface area contributed by atoms with Crippen molar-refractivity contribution in [2.24, 2.45) is 0 Å². The number of carbonyl (C=O) groups excluding carboxylic acids is 1. The van der Waals surface area contributed by atoms with Crippen LogP contribution in [0.2, 0.25) is 0 Å². The van der Waals surface area contributed by atoms with Gasteiger partial charge in [-0.3, -0.25) is 14.0 Å². The van der Waals surface area contributed by atoms with Gasteiger partial charge in [0.2, 0.25) is 0 Å². The molecule has 0 bridgehead atoms. The van der Waals surface area contributed by atoms with Crippen LogP contribution in [0.25, 0.3) is 16.6 Å². The molecular weight excluding hydrogens is 272 g/mol. The molecule has 0 fully saturated rings. The third-order valence-corrected chi connectivity index (χ3v) is 3.28. The monoisotopic (exact) mass is 286 g/mol. The molecule has 0 spiro atoms. The number of imidazole rings is 1. The zero-order chi connectivity index (χ0) is 15.1. The number of nitrogens with one attached hydrogen (secondary N) is 1. The fourth-order valence-electron chi connectivity index (χ4n) is 2.28. The van der Waals surface area contributed by atoms with Gasteiger partial charge >= 0.3 is 6.01 Å². The Morgan fingerprint density at radius 1 is 1.33 bits per heavy atom. The number of benzene rings is 1. The summed E-state index contributed by atoms with van der Waals surface area (Å²) in [6.07, 6.45) is 1.45. The van der Waals surface area contributed by atoms with Gasteiger partial charge in [-0.05, 0) is 18.2 Å². The fraction of sp³-hybridized carbons (Fsp3) is 0.214. The van der Waals surface area contributed by atoms with Gasteiger partial charge in [-0.2, -0.15) is 0 Å². The van der Waals surface area contributed by atoms with E-state index < -0.39 is 0 Å². The summed E-state index contributed by atoms with van der Waals surface area (Å²) in [7, 11) is 4.85. The molecular formula is C14H14N4O3.